The lowest BCUT2D eigenvalue weighted by molar-refractivity contribution is -1.03. The number of hydrogen-bond donors (Lipinski definition) is 0. The highest BCUT2D eigenvalue weighted by molar-refractivity contribution is 7.98. The molecule has 0 N–H and O–H groups in total. The van der Waals surface area contributed by atoms with Crippen LogP contribution in [-0.2, 0) is 0 Å². The third-order valence-corrected chi connectivity index (χ3v) is 16.5. The van der Waals surface area contributed by atoms with Gasteiger partial charge in [0.25, 0.3) is 0 Å². The highest BCUT2D eigenvalue weighted by atomic mass is 35.5. The number of aromatic nitrogens is 6. The van der Waals surface area contributed by atoms with Crippen LogP contribution < -0.4 is 69.2 Å². The Balaban J connectivity index is 0.00000204. The molecule has 19 nitrogen and oxygen atoms in total. The largest absolute Gasteiger partial charge is 1.00 e. The first-order valence-corrected chi connectivity index (χ1v) is 23.8. The molecule has 0 unspecified atom stereocenters. The molecular formula is C40H57Cl6N15O4S. The molecule has 9 rings (SSSR count). The molecule has 66 heavy (non-hydrogen) atoms. The SMILES string of the molecule is CSc1nc(Cl)c(C=O)c(N2CC[N+]3(CC2)CC[N+]2(CCN(c4ncnc(N5CC[N+]6(CC5)CC[N+]5(CCN(c7nc(C)nc(Cl)c7C=O)CC5)CC6)c4[N+](=O)[O-])CC2)CC3)n1.[Cl-].[Cl-].[Cl-].[Cl-]. The molecule has 6 saturated heterocycles. The molecule has 6 fully saturated rings. The van der Waals surface area contributed by atoms with Crippen LogP contribution in [-0.4, -0.2) is 229 Å². The Morgan fingerprint density at radius 1 is 0.545 bits per heavy atom. The summed E-state index contributed by atoms with van der Waals surface area (Å²) in [5.74, 6) is 2.71. The van der Waals surface area contributed by atoms with Crippen LogP contribution in [0.5, 0.6) is 0 Å². The van der Waals surface area contributed by atoms with Gasteiger partial charge in [-0.3, -0.25) is 19.7 Å². The lowest BCUT2D eigenvalue weighted by atomic mass is 10.1. The number of halogens is 6. The molecule has 0 bridgehead atoms. The van der Waals surface area contributed by atoms with E-state index in [4.69, 9.17) is 23.2 Å². The number of hydrogen-bond acceptors (Lipinski definition) is 15. The van der Waals surface area contributed by atoms with Crippen molar-refractivity contribution in [3.05, 3.63) is 43.7 Å². The minimum atomic E-state index is -0.268. The average molecular weight is 1060 g/mol. The second-order valence-corrected chi connectivity index (χ2v) is 19.8. The van der Waals surface area contributed by atoms with Crippen molar-refractivity contribution >= 4 is 76.5 Å². The summed E-state index contributed by atoms with van der Waals surface area (Å²) in [7, 11) is 0. The van der Waals surface area contributed by atoms with E-state index in [1.54, 1.807) is 6.92 Å². The minimum Gasteiger partial charge on any atom is -1.00 e. The minimum absolute atomic E-state index is 0. The summed E-state index contributed by atoms with van der Waals surface area (Å²) in [6, 6.07) is 0. The van der Waals surface area contributed by atoms with Gasteiger partial charge < -0.3 is 87.2 Å². The number of carbonyl (C=O) groups is 2. The second-order valence-electron chi connectivity index (χ2n) is 18.3. The Labute approximate surface area is 424 Å². The fourth-order valence-corrected chi connectivity index (χ4v) is 11.9. The summed E-state index contributed by atoms with van der Waals surface area (Å²) in [6.07, 6.45) is 4.94. The first-order valence-electron chi connectivity index (χ1n) is 21.9. The Bertz CT molecular complexity index is 2200. The average Bonchev–Trinajstić information content (AvgIpc) is 3.29. The molecule has 9 heterocycles. The predicted octanol–water partition coefficient (Wildman–Crippen LogP) is -10.1. The standard InChI is InChI=1S/C40H57Cl2N15O4S.4ClH/c1-30-45-34(41)31(27-58)36(46-30)49-3-11-54(12-4-49)19-23-56(24-20-54)15-7-51(8-16-56)38-33(53(60)61)39(44-29-43-38)52-9-17-57(18-10-52)25-21-55(22-26-57)13-5-50(6-14-55)37-32(28-59)35(42)47-40(48-37)62-2;;;;/h27-29H,3-26H2,1-2H3;4*1H/q+4;;;;/p-4. The Morgan fingerprint density at radius 2 is 0.864 bits per heavy atom. The van der Waals surface area contributed by atoms with Gasteiger partial charge in [-0.2, -0.15) is 0 Å². The molecule has 4 spiro atoms. The summed E-state index contributed by atoms with van der Waals surface area (Å²) in [5, 5.41) is 13.8. The van der Waals surface area contributed by atoms with Crippen molar-refractivity contribution in [2.75, 3.05) is 183 Å². The lowest BCUT2D eigenvalue weighted by Gasteiger charge is -2.54. The van der Waals surface area contributed by atoms with E-state index < -0.39 is 0 Å². The van der Waals surface area contributed by atoms with E-state index in [-0.39, 0.29) is 70.5 Å². The van der Waals surface area contributed by atoms with E-state index in [1.807, 2.05) is 6.26 Å². The van der Waals surface area contributed by atoms with Crippen LogP contribution in [0.15, 0.2) is 11.5 Å². The van der Waals surface area contributed by atoms with Gasteiger partial charge in [0.15, 0.2) is 17.7 Å². The summed E-state index contributed by atoms with van der Waals surface area (Å²) < 4.78 is 4.18. The molecule has 0 aliphatic carbocycles. The zero-order chi connectivity index (χ0) is 43.3. The maximum Gasteiger partial charge on any atom is 0.353 e. The van der Waals surface area contributed by atoms with E-state index >= 15 is 0 Å². The first kappa shape index (κ1) is 54.1. The third kappa shape index (κ3) is 10.5. The van der Waals surface area contributed by atoms with Gasteiger partial charge in [0.05, 0.1) is 121 Å². The number of rotatable bonds is 8. The topological polar surface area (TPSA) is 168 Å². The zero-order valence-electron chi connectivity index (χ0n) is 37.2. The normalized spacial score (nSPS) is 21.6. The zero-order valence-corrected chi connectivity index (χ0v) is 42.6. The summed E-state index contributed by atoms with van der Waals surface area (Å²) >= 11 is 14.1. The van der Waals surface area contributed by atoms with Crippen molar-refractivity contribution in [1.82, 2.24) is 29.9 Å². The Hall–Kier alpha value is -2.89. The Kier molecular flexibility index (Phi) is 17.9. The van der Waals surface area contributed by atoms with Gasteiger partial charge in [-0.15, -0.1) is 0 Å². The molecule has 364 valence electrons. The fraction of sp³-hybridized carbons (Fsp3) is 0.650. The van der Waals surface area contributed by atoms with Crippen LogP contribution in [0.3, 0.4) is 0 Å². The van der Waals surface area contributed by atoms with Crippen LogP contribution in [0.4, 0.5) is 29.0 Å². The third-order valence-electron chi connectivity index (χ3n) is 15.4. The number of aldehydes is 2. The van der Waals surface area contributed by atoms with Crippen molar-refractivity contribution in [3.8, 4) is 0 Å². The molecule has 6 aliphatic heterocycles. The number of carbonyl (C=O) groups excluding carboxylic acids is 2. The highest BCUT2D eigenvalue weighted by Gasteiger charge is 2.48. The first-order chi connectivity index (χ1) is 29.9. The molecule has 0 radical (unpaired) electrons. The number of aryl methyl sites for hydroxylation is 1. The van der Waals surface area contributed by atoms with Crippen LogP contribution in [0.2, 0.25) is 10.3 Å². The summed E-state index contributed by atoms with van der Waals surface area (Å²) in [5.41, 5.74) is 0.752. The molecule has 0 aromatic carbocycles. The summed E-state index contributed by atoms with van der Waals surface area (Å²) in [4.78, 5) is 71.7. The molecule has 0 amide bonds. The van der Waals surface area contributed by atoms with Crippen molar-refractivity contribution in [3.63, 3.8) is 0 Å². The molecule has 26 heteroatoms. The number of quaternary nitrogens is 4. The van der Waals surface area contributed by atoms with Gasteiger partial charge in [0.2, 0.25) is 11.6 Å². The van der Waals surface area contributed by atoms with E-state index in [0.717, 1.165) is 174 Å². The van der Waals surface area contributed by atoms with E-state index in [0.29, 0.717) is 58.5 Å². The van der Waals surface area contributed by atoms with Gasteiger partial charge in [-0.25, -0.2) is 29.9 Å². The van der Waals surface area contributed by atoms with Crippen LogP contribution in [0.25, 0.3) is 0 Å². The van der Waals surface area contributed by atoms with Crippen molar-refractivity contribution in [1.29, 1.82) is 0 Å². The Morgan fingerprint density at radius 3 is 1.18 bits per heavy atom. The fourth-order valence-electron chi connectivity index (χ4n) is 11.0. The van der Waals surface area contributed by atoms with E-state index in [9.17, 15) is 19.7 Å². The van der Waals surface area contributed by atoms with Gasteiger partial charge in [0, 0.05) is 0 Å². The highest BCUT2D eigenvalue weighted by Crippen LogP contribution is 2.38. The summed E-state index contributed by atoms with van der Waals surface area (Å²) in [6.45, 7) is 24.2. The molecule has 6 aliphatic rings. The lowest BCUT2D eigenvalue weighted by Crippen LogP contribution is -3.00. The smallest absolute Gasteiger partial charge is 0.353 e. The number of anilines is 4. The van der Waals surface area contributed by atoms with Crippen LogP contribution >= 0.6 is 35.0 Å². The van der Waals surface area contributed by atoms with Crippen molar-refractivity contribution in [2.24, 2.45) is 0 Å². The number of thioether (sulfide) groups is 1. The van der Waals surface area contributed by atoms with Crippen LogP contribution in [0.1, 0.15) is 26.5 Å². The van der Waals surface area contributed by atoms with Crippen molar-refractivity contribution in [2.45, 2.75) is 12.1 Å². The second kappa shape index (κ2) is 21.8. The molecule has 3 aromatic heterocycles. The maximum absolute atomic E-state index is 12.8. The molecule has 0 atom stereocenters. The number of nitro groups is 1. The predicted molar refractivity (Wildman–Crippen MR) is 238 cm³/mol. The van der Waals surface area contributed by atoms with Gasteiger partial charge >= 0.3 is 5.69 Å². The van der Waals surface area contributed by atoms with Gasteiger partial charge in [0.1, 0.15) is 86.5 Å². The monoisotopic (exact) mass is 1050 g/mol. The molecule has 3 aromatic rings. The number of piperazine rings is 6. The van der Waals surface area contributed by atoms with Gasteiger partial charge in [-0.05, 0) is 13.2 Å². The molecule has 0 saturated carbocycles. The van der Waals surface area contributed by atoms with E-state index in [2.05, 4.69) is 49.5 Å². The number of nitrogens with zero attached hydrogens (tertiary/aromatic N) is 15. The van der Waals surface area contributed by atoms with Crippen molar-refractivity contribution < 1.29 is 82.1 Å². The van der Waals surface area contributed by atoms with Crippen LogP contribution in [0, 0.1) is 17.0 Å². The molecular weight excluding hydrogens is 999 g/mol. The van der Waals surface area contributed by atoms with E-state index in [1.165, 1.54) is 18.1 Å². The quantitative estimate of drug-likeness (QED) is 0.0397. The maximum atomic E-state index is 12.8. The van der Waals surface area contributed by atoms with Gasteiger partial charge in [-0.1, -0.05) is 35.0 Å².